The van der Waals surface area contributed by atoms with E-state index in [1.807, 2.05) is 22.9 Å². The second kappa shape index (κ2) is 24.3. The number of Topliss-reactive ketones (excluding diaryl/α,β-unsaturated/α-hetero) is 2. The maximum Gasteiger partial charge on any atom is 0.313 e. The first-order chi connectivity index (χ1) is 27.3. The molecule has 0 saturated carbocycles. The molecule has 0 aromatic carbocycles. The van der Waals surface area contributed by atoms with Crippen LogP contribution in [0.15, 0.2) is 45.1 Å². The largest absolute Gasteiger partial charge is 0.466 e. The zero-order valence-electron chi connectivity index (χ0n) is 31.1. The Morgan fingerprint density at radius 1 is 0.719 bits per heavy atom. The number of carbonyl (C=O) groups excluding carboxylic acids is 5. The Balaban J connectivity index is 0.000000352. The van der Waals surface area contributed by atoms with E-state index in [0.717, 1.165) is 29.9 Å². The number of rotatable bonds is 15. The third-order valence-electron chi connectivity index (χ3n) is 6.61. The summed E-state index contributed by atoms with van der Waals surface area (Å²) < 4.78 is 9.47. The minimum atomic E-state index is -0.592. The molecule has 0 bridgehead atoms. The van der Waals surface area contributed by atoms with Crippen LogP contribution in [0.5, 0.6) is 0 Å². The molecule has 4 aromatic rings. The molecule has 0 aliphatic heterocycles. The van der Waals surface area contributed by atoms with Gasteiger partial charge in [-0.1, -0.05) is 35.7 Å². The first kappa shape index (κ1) is 46.9. The number of ether oxygens (including phenoxy) is 2. The maximum atomic E-state index is 11.9. The standard InChI is InChI=1S/2C17H14N4O3S2.C3H7NO/c2*1-2-24-14(23)6-10(22)9-26-17-12(8-19)15(13-4-3-5-25-13)11(7-18)16(20)21-17;1-4(2)3-5/h2*3-5H,2,6,9H2,1H3,(H2,20,21);3H,1-2H3. The van der Waals surface area contributed by atoms with E-state index in [2.05, 4.69) is 22.1 Å². The molecule has 4 aromatic heterocycles. The molecule has 1 amide bonds. The minimum Gasteiger partial charge on any atom is -0.466 e. The van der Waals surface area contributed by atoms with Crippen LogP contribution in [-0.4, -0.2) is 83.6 Å². The Kier molecular flexibility index (Phi) is 20.0. The lowest BCUT2D eigenvalue weighted by Crippen LogP contribution is -2.13. The number of hydrogen-bond acceptors (Lipinski definition) is 19. The van der Waals surface area contributed by atoms with Gasteiger partial charge < -0.3 is 25.8 Å². The fraction of sp³-hybridized carbons (Fsp3) is 0.270. The third-order valence-corrected chi connectivity index (χ3v) is 10.5. The number of thiophene rings is 2. The Morgan fingerprint density at radius 2 is 1.07 bits per heavy atom. The monoisotopic (exact) mass is 845 g/mol. The Labute approximate surface area is 345 Å². The summed E-state index contributed by atoms with van der Waals surface area (Å²) in [6, 6.07) is 15.2. The van der Waals surface area contributed by atoms with Crippen molar-refractivity contribution in [3.05, 3.63) is 57.3 Å². The van der Waals surface area contributed by atoms with E-state index in [0.29, 0.717) is 20.9 Å². The molecule has 57 heavy (non-hydrogen) atoms. The topological polar surface area (TPSA) is 280 Å². The van der Waals surface area contributed by atoms with Crippen molar-refractivity contribution in [1.29, 1.82) is 21.0 Å². The smallest absolute Gasteiger partial charge is 0.313 e. The SMILES string of the molecule is CCOC(=O)CC(=O)CSc1nc(N)c(C#N)c(-c2cccs2)c1C#N.CCOC(=O)CC(=O)CSc1nc(N)c(C#N)c(-c2cccs2)c1C#N.CN(C)C=O. The number of anilines is 2. The summed E-state index contributed by atoms with van der Waals surface area (Å²) in [4.78, 5) is 67.1. The first-order valence-electron chi connectivity index (χ1n) is 16.4. The normalized spacial score (nSPS) is 9.68. The molecule has 0 spiro atoms. The summed E-state index contributed by atoms with van der Waals surface area (Å²) in [5, 5.41) is 42.1. The molecular weight excluding hydrogens is 811 g/mol. The van der Waals surface area contributed by atoms with Crippen LogP contribution in [0.25, 0.3) is 20.9 Å². The van der Waals surface area contributed by atoms with E-state index in [1.165, 1.54) is 27.6 Å². The van der Waals surface area contributed by atoms with Crippen molar-refractivity contribution in [2.24, 2.45) is 0 Å². The van der Waals surface area contributed by atoms with E-state index in [4.69, 9.17) is 20.9 Å². The van der Waals surface area contributed by atoms with Gasteiger partial charge in [-0.05, 0) is 36.7 Å². The lowest BCUT2D eigenvalue weighted by Gasteiger charge is -2.11. The molecule has 0 fully saturated rings. The summed E-state index contributed by atoms with van der Waals surface area (Å²) in [5.74, 6) is -2.01. The van der Waals surface area contributed by atoms with Gasteiger partial charge in [0, 0.05) is 35.0 Å². The van der Waals surface area contributed by atoms with Crippen molar-refractivity contribution < 1.29 is 33.4 Å². The van der Waals surface area contributed by atoms with Crippen molar-refractivity contribution in [1.82, 2.24) is 14.9 Å². The molecule has 294 valence electrons. The molecule has 0 atom stereocenters. The van der Waals surface area contributed by atoms with Crippen LogP contribution < -0.4 is 11.5 Å². The molecule has 0 aliphatic rings. The highest BCUT2D eigenvalue weighted by molar-refractivity contribution is 8.00. The Bertz CT molecular complexity index is 2080. The van der Waals surface area contributed by atoms with Crippen molar-refractivity contribution in [3.63, 3.8) is 0 Å². The molecule has 0 aliphatic carbocycles. The van der Waals surface area contributed by atoms with Crippen LogP contribution in [0.1, 0.15) is 48.9 Å². The number of ketones is 2. The van der Waals surface area contributed by atoms with Gasteiger partial charge in [0.2, 0.25) is 6.41 Å². The molecular formula is C37H35N9O7S4. The summed E-state index contributed by atoms with van der Waals surface area (Å²) in [7, 11) is 3.38. The van der Waals surface area contributed by atoms with E-state index >= 15 is 0 Å². The lowest BCUT2D eigenvalue weighted by molar-refractivity contribution is -0.146. The average molecular weight is 846 g/mol. The van der Waals surface area contributed by atoms with Gasteiger partial charge in [0.1, 0.15) is 69.9 Å². The molecule has 4 N–H and O–H groups in total. The quantitative estimate of drug-likeness (QED) is 0.0672. The molecule has 0 saturated heterocycles. The van der Waals surface area contributed by atoms with Gasteiger partial charge in [-0.2, -0.15) is 21.0 Å². The summed E-state index contributed by atoms with van der Waals surface area (Å²) >= 11 is 4.75. The van der Waals surface area contributed by atoms with Crippen molar-refractivity contribution >= 4 is 87.7 Å². The van der Waals surface area contributed by atoms with Gasteiger partial charge in [0.15, 0.2) is 11.6 Å². The second-order valence-corrected chi connectivity index (χ2v) is 14.8. The summed E-state index contributed by atoms with van der Waals surface area (Å²) in [6.45, 7) is 3.73. The van der Waals surface area contributed by atoms with E-state index < -0.39 is 11.9 Å². The number of nitrogen functional groups attached to an aromatic ring is 2. The highest BCUT2D eigenvalue weighted by Crippen LogP contribution is 2.39. The van der Waals surface area contributed by atoms with E-state index in [9.17, 15) is 45.0 Å². The number of hydrogen-bond donors (Lipinski definition) is 2. The first-order valence-corrected chi connectivity index (χ1v) is 20.1. The highest BCUT2D eigenvalue weighted by atomic mass is 32.2. The molecule has 4 rings (SSSR count). The number of thioether (sulfide) groups is 2. The number of carbonyl (C=O) groups is 5. The maximum absolute atomic E-state index is 11.9. The van der Waals surface area contributed by atoms with Crippen LogP contribution in [-0.2, 0) is 33.4 Å². The van der Waals surface area contributed by atoms with Crippen LogP contribution in [0.3, 0.4) is 0 Å². The Hall–Kier alpha value is -6.29. The lowest BCUT2D eigenvalue weighted by atomic mass is 10.0. The van der Waals surface area contributed by atoms with Crippen LogP contribution in [0, 0.1) is 45.3 Å². The van der Waals surface area contributed by atoms with Gasteiger partial charge in [-0.15, -0.1) is 22.7 Å². The summed E-state index contributed by atoms with van der Waals surface area (Å²) in [6.07, 6.45) is 0.0680. The van der Waals surface area contributed by atoms with E-state index in [-0.39, 0.29) is 93.1 Å². The predicted molar refractivity (Wildman–Crippen MR) is 216 cm³/mol. The van der Waals surface area contributed by atoms with Crippen molar-refractivity contribution in [2.75, 3.05) is 50.3 Å². The van der Waals surface area contributed by atoms with Gasteiger partial charge in [-0.25, -0.2) is 9.97 Å². The highest BCUT2D eigenvalue weighted by Gasteiger charge is 2.24. The van der Waals surface area contributed by atoms with Gasteiger partial charge in [-0.3, -0.25) is 24.0 Å². The second-order valence-electron chi connectivity index (χ2n) is 10.9. The minimum absolute atomic E-state index is 0.00441. The summed E-state index contributed by atoms with van der Waals surface area (Å²) in [5.41, 5.74) is 13.2. The number of aromatic nitrogens is 2. The number of esters is 2. The molecule has 20 heteroatoms. The van der Waals surface area contributed by atoms with Gasteiger partial charge in [0.05, 0.1) is 35.8 Å². The van der Waals surface area contributed by atoms with E-state index in [1.54, 1.807) is 52.2 Å². The van der Waals surface area contributed by atoms with Crippen molar-refractivity contribution in [3.8, 4) is 45.2 Å². The van der Waals surface area contributed by atoms with Crippen LogP contribution in [0.2, 0.25) is 0 Å². The zero-order chi connectivity index (χ0) is 42.5. The third kappa shape index (κ3) is 14.1. The number of pyridine rings is 2. The zero-order valence-corrected chi connectivity index (χ0v) is 34.3. The average Bonchev–Trinajstić information content (AvgIpc) is 3.92. The Morgan fingerprint density at radius 3 is 1.33 bits per heavy atom. The fourth-order valence-corrected chi connectivity index (χ4v) is 7.56. The number of nitrogens with zero attached hydrogens (tertiary/aromatic N) is 7. The van der Waals surface area contributed by atoms with Gasteiger partial charge >= 0.3 is 11.9 Å². The van der Waals surface area contributed by atoms with Crippen LogP contribution >= 0.6 is 46.2 Å². The van der Waals surface area contributed by atoms with Gasteiger partial charge in [0.25, 0.3) is 0 Å². The van der Waals surface area contributed by atoms with Crippen LogP contribution in [0.4, 0.5) is 11.6 Å². The fourth-order valence-electron chi connectivity index (χ4n) is 4.29. The molecule has 0 unspecified atom stereocenters. The molecule has 0 radical (unpaired) electrons. The van der Waals surface area contributed by atoms with Crippen molar-refractivity contribution in [2.45, 2.75) is 36.7 Å². The molecule has 4 heterocycles. The molecule has 16 nitrogen and oxygen atoms in total. The number of amides is 1. The number of nitriles is 4. The predicted octanol–water partition coefficient (Wildman–Crippen LogP) is 5.20. The number of nitrogens with two attached hydrogens (primary N) is 2.